The summed E-state index contributed by atoms with van der Waals surface area (Å²) >= 11 is -1.95. The Morgan fingerprint density at radius 1 is 0.800 bits per heavy atom. The van der Waals surface area contributed by atoms with Gasteiger partial charge in [0.1, 0.15) is 0 Å². The summed E-state index contributed by atoms with van der Waals surface area (Å²) in [6.07, 6.45) is 3.58. The van der Waals surface area contributed by atoms with Gasteiger partial charge in [-0.15, -0.1) is 0 Å². The highest BCUT2D eigenvalue weighted by Gasteiger charge is 2.10. The maximum absolute atomic E-state index is 11.1. The van der Waals surface area contributed by atoms with Crippen molar-refractivity contribution in [1.29, 1.82) is 0 Å². The van der Waals surface area contributed by atoms with E-state index in [0.717, 1.165) is 17.0 Å². The van der Waals surface area contributed by atoms with E-state index in [1.807, 2.05) is 48.5 Å². The summed E-state index contributed by atoms with van der Waals surface area (Å²) in [5.41, 5.74) is 3.05. The van der Waals surface area contributed by atoms with Crippen LogP contribution in [0.2, 0.25) is 0 Å². The highest BCUT2D eigenvalue weighted by molar-refractivity contribution is 7.79. The molecule has 0 bridgehead atoms. The maximum atomic E-state index is 11.1. The lowest BCUT2D eigenvalue weighted by atomic mass is 10.2. The summed E-state index contributed by atoms with van der Waals surface area (Å²) in [5.74, 6) is 0. The second kappa shape index (κ2) is 8.62. The van der Waals surface area contributed by atoms with E-state index in [2.05, 4.69) is 14.9 Å². The van der Waals surface area contributed by atoms with Crippen LogP contribution in [0.5, 0.6) is 0 Å². The Hall–Kier alpha value is -2.41. The Bertz CT molecular complexity index is 770. The van der Waals surface area contributed by atoms with Gasteiger partial charge in [-0.05, 0) is 42.0 Å². The molecule has 3 aromatic rings. The van der Waals surface area contributed by atoms with Gasteiger partial charge in [-0.25, -0.2) is 4.21 Å². The van der Waals surface area contributed by atoms with Crippen LogP contribution in [0.3, 0.4) is 0 Å². The van der Waals surface area contributed by atoms with Crippen molar-refractivity contribution in [3.05, 3.63) is 90.0 Å². The molecule has 0 amide bonds. The van der Waals surface area contributed by atoms with Crippen molar-refractivity contribution >= 4 is 11.1 Å². The lowest BCUT2D eigenvalue weighted by Crippen LogP contribution is -2.23. The topological polar surface area (TPSA) is 66.3 Å². The van der Waals surface area contributed by atoms with Crippen molar-refractivity contribution in [1.82, 2.24) is 14.9 Å². The van der Waals surface area contributed by atoms with Gasteiger partial charge >= 0.3 is 0 Å². The third-order valence-corrected chi connectivity index (χ3v) is 4.43. The minimum Gasteiger partial charge on any atom is -0.302 e. The van der Waals surface area contributed by atoms with E-state index in [4.69, 9.17) is 4.55 Å². The fourth-order valence-electron chi connectivity index (χ4n) is 2.58. The first-order valence-electron chi connectivity index (χ1n) is 7.93. The number of rotatable bonds is 7. The number of aromatic nitrogens is 2. The van der Waals surface area contributed by atoms with Crippen LogP contribution in [0.15, 0.2) is 78.0 Å². The Morgan fingerprint density at radius 2 is 1.36 bits per heavy atom. The molecule has 25 heavy (non-hydrogen) atoms. The number of nitrogens with zero attached hydrogens (tertiary/aromatic N) is 3. The lowest BCUT2D eigenvalue weighted by molar-refractivity contribution is 0.241. The first-order chi connectivity index (χ1) is 12.2. The SMILES string of the molecule is O=S(O)c1ccc(CN(Cc2ccccn2)Cc2ccccn2)cc1. The molecule has 2 aromatic heterocycles. The molecular formula is C19H19N3O2S. The van der Waals surface area contributed by atoms with Crippen molar-refractivity contribution in [3.8, 4) is 0 Å². The average molecular weight is 353 g/mol. The van der Waals surface area contributed by atoms with Crippen LogP contribution in [0, 0.1) is 0 Å². The molecule has 0 fully saturated rings. The second-order valence-corrected chi connectivity index (χ2v) is 6.65. The standard InChI is InChI=1S/C19H19N3O2S/c23-25(24)19-9-7-16(8-10-19)13-22(14-17-5-1-3-11-20-17)15-18-6-2-4-12-21-18/h1-12H,13-15H2,(H,23,24). The van der Waals surface area contributed by atoms with Crippen LogP contribution in [0.1, 0.15) is 17.0 Å². The summed E-state index contributed by atoms with van der Waals surface area (Å²) in [5, 5.41) is 0. The van der Waals surface area contributed by atoms with Crippen LogP contribution >= 0.6 is 0 Å². The number of hydrogen-bond acceptors (Lipinski definition) is 4. The summed E-state index contributed by atoms with van der Waals surface area (Å²) in [7, 11) is 0. The van der Waals surface area contributed by atoms with Crippen molar-refractivity contribution in [2.24, 2.45) is 0 Å². The molecule has 1 aromatic carbocycles. The van der Waals surface area contributed by atoms with E-state index in [1.54, 1.807) is 24.5 Å². The fraction of sp³-hybridized carbons (Fsp3) is 0.158. The second-order valence-electron chi connectivity index (χ2n) is 5.68. The Morgan fingerprint density at radius 3 is 1.80 bits per heavy atom. The van der Waals surface area contributed by atoms with E-state index < -0.39 is 11.1 Å². The largest absolute Gasteiger partial charge is 0.302 e. The zero-order valence-electron chi connectivity index (χ0n) is 13.7. The molecule has 0 aliphatic heterocycles. The highest BCUT2D eigenvalue weighted by atomic mass is 32.2. The van der Waals surface area contributed by atoms with Gasteiger partial charge in [0.05, 0.1) is 16.3 Å². The molecule has 0 spiro atoms. The predicted molar refractivity (Wildman–Crippen MR) is 96.9 cm³/mol. The van der Waals surface area contributed by atoms with Crippen molar-refractivity contribution in [2.45, 2.75) is 24.5 Å². The van der Waals surface area contributed by atoms with E-state index >= 15 is 0 Å². The quantitative estimate of drug-likeness (QED) is 0.661. The Balaban J connectivity index is 1.76. The van der Waals surface area contributed by atoms with Gasteiger partial charge in [0.2, 0.25) is 0 Å². The van der Waals surface area contributed by atoms with Crippen LogP contribution in [0.25, 0.3) is 0 Å². The van der Waals surface area contributed by atoms with Gasteiger partial charge in [-0.2, -0.15) is 0 Å². The highest BCUT2D eigenvalue weighted by Crippen LogP contribution is 2.14. The van der Waals surface area contributed by atoms with Crippen LogP contribution < -0.4 is 0 Å². The van der Waals surface area contributed by atoms with Crippen molar-refractivity contribution in [2.75, 3.05) is 0 Å². The Labute approximate surface area is 149 Å². The van der Waals surface area contributed by atoms with Crippen molar-refractivity contribution < 1.29 is 8.76 Å². The normalized spacial score (nSPS) is 12.2. The van der Waals surface area contributed by atoms with Gasteiger partial charge in [-0.1, -0.05) is 24.3 Å². The lowest BCUT2D eigenvalue weighted by Gasteiger charge is -2.22. The molecule has 0 aliphatic rings. The van der Waals surface area contributed by atoms with Crippen LogP contribution in [0.4, 0.5) is 0 Å². The molecule has 1 N–H and O–H groups in total. The first-order valence-corrected chi connectivity index (χ1v) is 9.03. The third-order valence-electron chi connectivity index (χ3n) is 3.75. The molecule has 6 heteroatoms. The van der Waals surface area contributed by atoms with Gasteiger partial charge in [0.15, 0.2) is 11.1 Å². The van der Waals surface area contributed by atoms with Gasteiger partial charge < -0.3 is 4.55 Å². The molecule has 0 saturated carbocycles. The third kappa shape index (κ3) is 5.29. The van der Waals surface area contributed by atoms with Crippen LogP contribution in [-0.4, -0.2) is 23.6 Å². The number of benzene rings is 1. The van der Waals surface area contributed by atoms with E-state index in [1.165, 1.54) is 0 Å². The van der Waals surface area contributed by atoms with Gasteiger partial charge in [-0.3, -0.25) is 14.9 Å². The molecule has 3 rings (SSSR count). The molecule has 5 nitrogen and oxygen atoms in total. The summed E-state index contributed by atoms with van der Waals surface area (Å²) in [6, 6.07) is 18.9. The van der Waals surface area contributed by atoms with Gasteiger partial charge in [0.25, 0.3) is 0 Å². The van der Waals surface area contributed by atoms with Crippen molar-refractivity contribution in [3.63, 3.8) is 0 Å². The predicted octanol–water partition coefficient (Wildman–Crippen LogP) is 3.26. The maximum Gasteiger partial charge on any atom is 0.186 e. The molecule has 2 heterocycles. The summed E-state index contributed by atoms with van der Waals surface area (Å²) in [6.45, 7) is 2.10. The molecule has 1 unspecified atom stereocenters. The molecule has 128 valence electrons. The molecule has 0 aliphatic carbocycles. The molecule has 0 saturated heterocycles. The first kappa shape index (κ1) is 17.4. The van der Waals surface area contributed by atoms with E-state index in [0.29, 0.717) is 24.5 Å². The smallest absolute Gasteiger partial charge is 0.186 e. The fourth-order valence-corrected chi connectivity index (χ4v) is 2.95. The van der Waals surface area contributed by atoms with Gasteiger partial charge in [0, 0.05) is 32.0 Å². The minimum absolute atomic E-state index is 0.407. The molecule has 0 radical (unpaired) electrons. The molecular weight excluding hydrogens is 334 g/mol. The monoisotopic (exact) mass is 353 g/mol. The minimum atomic E-state index is -1.95. The number of hydrogen-bond donors (Lipinski definition) is 1. The summed E-state index contributed by atoms with van der Waals surface area (Å²) < 4.78 is 20.2. The van der Waals surface area contributed by atoms with E-state index in [9.17, 15) is 4.21 Å². The van der Waals surface area contributed by atoms with E-state index in [-0.39, 0.29) is 0 Å². The average Bonchev–Trinajstić information content (AvgIpc) is 2.64. The Kier molecular flexibility index (Phi) is 6.00. The van der Waals surface area contributed by atoms with Crippen LogP contribution in [-0.2, 0) is 30.7 Å². The summed E-state index contributed by atoms with van der Waals surface area (Å²) in [4.78, 5) is 11.5. The number of pyridine rings is 2. The zero-order valence-corrected chi connectivity index (χ0v) is 14.5. The zero-order chi connectivity index (χ0) is 17.5. The molecule has 1 atom stereocenters.